The van der Waals surface area contributed by atoms with Gasteiger partial charge >= 0.3 is 0 Å². The molecular weight excluding hydrogens is 240 g/mol. The molecule has 0 bridgehead atoms. The van der Waals surface area contributed by atoms with E-state index in [0.29, 0.717) is 12.1 Å². The topological polar surface area (TPSA) is 50.3 Å². The van der Waals surface area contributed by atoms with Crippen molar-refractivity contribution in [1.82, 2.24) is 15.3 Å². The SMILES string of the molecule is COC1CCCN(c2cnc(CNC(C)C)cn2)C1. The molecule has 0 radical (unpaired) electrons. The van der Waals surface area contributed by atoms with Gasteiger partial charge in [-0.1, -0.05) is 13.8 Å². The highest BCUT2D eigenvalue weighted by Gasteiger charge is 2.20. The van der Waals surface area contributed by atoms with Crippen molar-refractivity contribution < 1.29 is 4.74 Å². The third-order valence-corrected chi connectivity index (χ3v) is 3.42. The molecule has 1 aliphatic heterocycles. The molecule has 2 rings (SSSR count). The molecule has 5 nitrogen and oxygen atoms in total. The van der Waals surface area contributed by atoms with E-state index in [0.717, 1.165) is 44.0 Å². The van der Waals surface area contributed by atoms with Gasteiger partial charge in [0.2, 0.25) is 0 Å². The number of hydrogen-bond acceptors (Lipinski definition) is 5. The Labute approximate surface area is 115 Å². The summed E-state index contributed by atoms with van der Waals surface area (Å²) >= 11 is 0. The van der Waals surface area contributed by atoms with Crippen LogP contribution in [0.25, 0.3) is 0 Å². The van der Waals surface area contributed by atoms with E-state index in [-0.39, 0.29) is 0 Å². The molecule has 5 heteroatoms. The molecule has 1 fully saturated rings. The van der Waals surface area contributed by atoms with Crippen molar-refractivity contribution in [3.63, 3.8) is 0 Å². The molecule has 2 heterocycles. The lowest BCUT2D eigenvalue weighted by molar-refractivity contribution is 0.0891. The molecule has 1 aliphatic rings. The summed E-state index contributed by atoms with van der Waals surface area (Å²) in [5.41, 5.74) is 0.984. The van der Waals surface area contributed by atoms with Crippen LogP contribution in [0.15, 0.2) is 12.4 Å². The minimum atomic E-state index is 0.317. The van der Waals surface area contributed by atoms with Crippen LogP contribution in [0, 0.1) is 0 Å². The fraction of sp³-hybridized carbons (Fsp3) is 0.714. The van der Waals surface area contributed by atoms with Gasteiger partial charge in [0.15, 0.2) is 0 Å². The van der Waals surface area contributed by atoms with Crippen LogP contribution in [-0.2, 0) is 11.3 Å². The Bertz CT molecular complexity index is 380. The first-order valence-electron chi connectivity index (χ1n) is 7.01. The minimum absolute atomic E-state index is 0.317. The van der Waals surface area contributed by atoms with Crippen molar-refractivity contribution in [3.05, 3.63) is 18.1 Å². The molecule has 19 heavy (non-hydrogen) atoms. The van der Waals surface area contributed by atoms with Gasteiger partial charge in [-0.3, -0.25) is 4.98 Å². The molecule has 1 aromatic rings. The fourth-order valence-electron chi connectivity index (χ4n) is 2.25. The molecule has 0 spiro atoms. The van der Waals surface area contributed by atoms with Crippen LogP contribution in [0.4, 0.5) is 5.82 Å². The van der Waals surface area contributed by atoms with Gasteiger partial charge in [-0.2, -0.15) is 0 Å². The molecule has 0 aliphatic carbocycles. The Morgan fingerprint density at radius 1 is 1.42 bits per heavy atom. The van der Waals surface area contributed by atoms with Crippen molar-refractivity contribution in [3.8, 4) is 0 Å². The lowest BCUT2D eigenvalue weighted by Crippen LogP contribution is -2.39. The van der Waals surface area contributed by atoms with Crippen molar-refractivity contribution >= 4 is 5.82 Å². The maximum absolute atomic E-state index is 5.43. The number of nitrogens with one attached hydrogen (secondary N) is 1. The molecule has 1 saturated heterocycles. The predicted octanol–water partition coefficient (Wildman–Crippen LogP) is 1.59. The zero-order valence-corrected chi connectivity index (χ0v) is 12.1. The van der Waals surface area contributed by atoms with Gasteiger partial charge in [0.05, 0.1) is 24.2 Å². The third-order valence-electron chi connectivity index (χ3n) is 3.42. The van der Waals surface area contributed by atoms with Crippen LogP contribution in [0.1, 0.15) is 32.4 Å². The van der Waals surface area contributed by atoms with E-state index in [9.17, 15) is 0 Å². The highest BCUT2D eigenvalue weighted by atomic mass is 16.5. The first kappa shape index (κ1) is 14.2. The summed E-state index contributed by atoms with van der Waals surface area (Å²) in [6, 6.07) is 0.464. The van der Waals surface area contributed by atoms with E-state index >= 15 is 0 Å². The zero-order chi connectivity index (χ0) is 13.7. The molecule has 0 saturated carbocycles. The number of ether oxygens (including phenoxy) is 1. The summed E-state index contributed by atoms with van der Waals surface area (Å²) in [5.74, 6) is 0.954. The van der Waals surface area contributed by atoms with Gasteiger partial charge < -0.3 is 15.0 Å². The molecule has 1 N–H and O–H groups in total. The second kappa shape index (κ2) is 6.82. The van der Waals surface area contributed by atoms with Gasteiger partial charge in [0.25, 0.3) is 0 Å². The Morgan fingerprint density at radius 2 is 2.26 bits per heavy atom. The van der Waals surface area contributed by atoms with E-state index in [1.54, 1.807) is 7.11 Å². The van der Waals surface area contributed by atoms with Crippen LogP contribution in [0.3, 0.4) is 0 Å². The summed E-state index contributed by atoms with van der Waals surface area (Å²) in [7, 11) is 1.78. The van der Waals surface area contributed by atoms with Gasteiger partial charge in [-0.25, -0.2) is 4.98 Å². The van der Waals surface area contributed by atoms with E-state index in [1.165, 1.54) is 0 Å². The van der Waals surface area contributed by atoms with E-state index in [4.69, 9.17) is 4.74 Å². The Hall–Kier alpha value is -1.20. The van der Waals surface area contributed by atoms with Crippen LogP contribution in [0.5, 0.6) is 0 Å². The highest BCUT2D eigenvalue weighted by Crippen LogP contribution is 2.18. The smallest absolute Gasteiger partial charge is 0.147 e. The van der Waals surface area contributed by atoms with Crippen LogP contribution >= 0.6 is 0 Å². The van der Waals surface area contributed by atoms with Gasteiger partial charge in [0.1, 0.15) is 5.82 Å². The average molecular weight is 264 g/mol. The second-order valence-corrected chi connectivity index (χ2v) is 5.35. The summed E-state index contributed by atoms with van der Waals surface area (Å²) in [6.07, 6.45) is 6.34. The normalized spacial score (nSPS) is 20.0. The standard InChI is InChI=1S/C14H24N4O/c1-11(2)15-7-12-8-17-14(9-16-12)18-6-4-5-13(10-18)19-3/h8-9,11,13,15H,4-7,10H2,1-3H3. The highest BCUT2D eigenvalue weighted by molar-refractivity contribution is 5.36. The number of anilines is 1. The van der Waals surface area contributed by atoms with E-state index in [2.05, 4.69) is 34.0 Å². The van der Waals surface area contributed by atoms with Crippen LogP contribution in [0.2, 0.25) is 0 Å². The maximum Gasteiger partial charge on any atom is 0.147 e. The molecular formula is C14H24N4O. The summed E-state index contributed by atoms with van der Waals surface area (Å²) in [5, 5.41) is 3.34. The maximum atomic E-state index is 5.43. The van der Waals surface area contributed by atoms with Crippen molar-refractivity contribution in [2.45, 2.75) is 45.4 Å². The number of hydrogen-bond donors (Lipinski definition) is 1. The Morgan fingerprint density at radius 3 is 2.89 bits per heavy atom. The number of piperidine rings is 1. The monoisotopic (exact) mass is 264 g/mol. The van der Waals surface area contributed by atoms with E-state index in [1.807, 2.05) is 12.4 Å². The lowest BCUT2D eigenvalue weighted by Gasteiger charge is -2.32. The quantitative estimate of drug-likeness (QED) is 0.875. The van der Waals surface area contributed by atoms with Crippen molar-refractivity contribution in [2.75, 3.05) is 25.1 Å². The van der Waals surface area contributed by atoms with Crippen LogP contribution < -0.4 is 10.2 Å². The van der Waals surface area contributed by atoms with Crippen LogP contribution in [-0.4, -0.2) is 42.3 Å². The second-order valence-electron chi connectivity index (χ2n) is 5.35. The molecule has 0 aromatic carbocycles. The zero-order valence-electron chi connectivity index (χ0n) is 12.1. The minimum Gasteiger partial charge on any atom is -0.380 e. The van der Waals surface area contributed by atoms with Gasteiger partial charge in [-0.05, 0) is 12.8 Å². The summed E-state index contributed by atoms with van der Waals surface area (Å²) in [4.78, 5) is 11.2. The molecule has 106 valence electrons. The predicted molar refractivity (Wildman–Crippen MR) is 76.3 cm³/mol. The number of aromatic nitrogens is 2. The first-order chi connectivity index (χ1) is 9.19. The Kier molecular flexibility index (Phi) is 5.10. The number of nitrogens with zero attached hydrogens (tertiary/aromatic N) is 3. The molecule has 0 amide bonds. The van der Waals surface area contributed by atoms with Crippen molar-refractivity contribution in [1.29, 1.82) is 0 Å². The largest absolute Gasteiger partial charge is 0.380 e. The molecule has 1 unspecified atom stereocenters. The lowest BCUT2D eigenvalue weighted by atomic mass is 10.1. The first-order valence-corrected chi connectivity index (χ1v) is 7.01. The number of rotatable bonds is 5. The molecule has 1 aromatic heterocycles. The van der Waals surface area contributed by atoms with E-state index < -0.39 is 0 Å². The fourth-order valence-corrected chi connectivity index (χ4v) is 2.25. The average Bonchev–Trinajstić information content (AvgIpc) is 2.45. The molecule has 1 atom stereocenters. The summed E-state index contributed by atoms with van der Waals surface area (Å²) in [6.45, 7) is 6.97. The number of methoxy groups -OCH3 is 1. The van der Waals surface area contributed by atoms with Gasteiger partial charge in [0, 0.05) is 32.8 Å². The Balaban J connectivity index is 1.93. The van der Waals surface area contributed by atoms with Gasteiger partial charge in [-0.15, -0.1) is 0 Å². The third kappa shape index (κ3) is 4.14. The summed E-state index contributed by atoms with van der Waals surface area (Å²) < 4.78 is 5.43. The van der Waals surface area contributed by atoms with Crippen molar-refractivity contribution in [2.24, 2.45) is 0 Å².